The minimum absolute atomic E-state index is 0.906. The highest BCUT2D eigenvalue weighted by Crippen LogP contribution is 2.43. The van der Waals surface area contributed by atoms with Crippen LogP contribution in [-0.4, -0.2) is 13.1 Å². The van der Waals surface area contributed by atoms with Crippen LogP contribution in [0.2, 0.25) is 0 Å². The summed E-state index contributed by atoms with van der Waals surface area (Å²) in [5, 5.41) is 3.40. The van der Waals surface area contributed by atoms with Crippen molar-refractivity contribution in [2.45, 2.75) is 27.2 Å². The van der Waals surface area contributed by atoms with Crippen LogP contribution in [0.25, 0.3) is 0 Å². The predicted octanol–water partition coefficient (Wildman–Crippen LogP) is 1.89. The van der Waals surface area contributed by atoms with Crippen molar-refractivity contribution in [3.63, 3.8) is 0 Å². The number of rotatable bonds is 4. The van der Waals surface area contributed by atoms with E-state index in [9.17, 15) is 0 Å². The summed E-state index contributed by atoms with van der Waals surface area (Å²) in [6, 6.07) is 0. The first-order chi connectivity index (χ1) is 4.75. The fraction of sp³-hybridized carbons (Fsp3) is 1.00. The Bertz CT molecular complexity index is 98.9. The van der Waals surface area contributed by atoms with E-state index in [0.717, 1.165) is 24.3 Å². The third-order valence-electron chi connectivity index (χ3n) is 2.49. The van der Waals surface area contributed by atoms with Gasteiger partial charge in [0.05, 0.1) is 0 Å². The molecular formula is C9H19N. The van der Waals surface area contributed by atoms with Gasteiger partial charge in [0.1, 0.15) is 0 Å². The largest absolute Gasteiger partial charge is 0.317 e. The molecule has 2 atom stereocenters. The van der Waals surface area contributed by atoms with E-state index in [4.69, 9.17) is 0 Å². The van der Waals surface area contributed by atoms with Gasteiger partial charge in [-0.25, -0.2) is 0 Å². The summed E-state index contributed by atoms with van der Waals surface area (Å²) in [5.41, 5.74) is 0. The van der Waals surface area contributed by atoms with Gasteiger partial charge in [0.2, 0.25) is 0 Å². The summed E-state index contributed by atoms with van der Waals surface area (Å²) in [6.45, 7) is 9.21. The molecule has 0 aliphatic heterocycles. The standard InChI is InChI=1S/C9H19N/c1-4-10-6-8-5-9(8)7(2)3/h7-10H,4-6H2,1-3H3. The van der Waals surface area contributed by atoms with Gasteiger partial charge in [0.25, 0.3) is 0 Å². The fourth-order valence-electron chi connectivity index (χ4n) is 1.65. The van der Waals surface area contributed by atoms with Gasteiger partial charge in [-0.05, 0) is 37.3 Å². The van der Waals surface area contributed by atoms with E-state index in [1.54, 1.807) is 0 Å². The summed E-state index contributed by atoms with van der Waals surface area (Å²) < 4.78 is 0. The van der Waals surface area contributed by atoms with Crippen LogP contribution in [0, 0.1) is 17.8 Å². The lowest BCUT2D eigenvalue weighted by Crippen LogP contribution is -2.16. The quantitative estimate of drug-likeness (QED) is 0.630. The molecule has 1 aliphatic carbocycles. The predicted molar refractivity (Wildman–Crippen MR) is 45.0 cm³/mol. The Balaban J connectivity index is 2.02. The highest BCUT2D eigenvalue weighted by molar-refractivity contribution is 4.89. The van der Waals surface area contributed by atoms with E-state index in [1.807, 2.05) is 0 Å². The van der Waals surface area contributed by atoms with Gasteiger partial charge in [-0.15, -0.1) is 0 Å². The van der Waals surface area contributed by atoms with Gasteiger partial charge in [0.15, 0.2) is 0 Å². The molecule has 60 valence electrons. The monoisotopic (exact) mass is 141 g/mol. The van der Waals surface area contributed by atoms with Gasteiger partial charge in [-0.1, -0.05) is 20.8 Å². The van der Waals surface area contributed by atoms with Crippen molar-refractivity contribution in [1.82, 2.24) is 5.32 Å². The van der Waals surface area contributed by atoms with Gasteiger partial charge < -0.3 is 5.32 Å². The van der Waals surface area contributed by atoms with Crippen molar-refractivity contribution < 1.29 is 0 Å². The molecule has 2 unspecified atom stereocenters. The van der Waals surface area contributed by atoms with E-state index in [0.29, 0.717) is 0 Å². The SMILES string of the molecule is CCNCC1CC1C(C)C. The lowest BCUT2D eigenvalue weighted by Gasteiger charge is -2.02. The Morgan fingerprint density at radius 1 is 1.50 bits per heavy atom. The molecule has 1 rings (SSSR count). The van der Waals surface area contributed by atoms with E-state index in [2.05, 4.69) is 26.1 Å². The van der Waals surface area contributed by atoms with Crippen LogP contribution in [0.1, 0.15) is 27.2 Å². The minimum Gasteiger partial charge on any atom is -0.317 e. The van der Waals surface area contributed by atoms with E-state index >= 15 is 0 Å². The first-order valence-electron chi connectivity index (χ1n) is 4.46. The highest BCUT2D eigenvalue weighted by Gasteiger charge is 2.38. The van der Waals surface area contributed by atoms with E-state index < -0.39 is 0 Å². The smallest absolute Gasteiger partial charge is 0.00178 e. The summed E-state index contributed by atoms with van der Waals surface area (Å²) in [7, 11) is 0. The molecule has 0 radical (unpaired) electrons. The molecule has 0 aromatic rings. The molecule has 0 heterocycles. The molecule has 10 heavy (non-hydrogen) atoms. The lowest BCUT2D eigenvalue weighted by molar-refractivity contribution is 0.501. The Kier molecular flexibility index (Phi) is 2.72. The summed E-state index contributed by atoms with van der Waals surface area (Å²) >= 11 is 0. The third-order valence-corrected chi connectivity index (χ3v) is 2.49. The molecule has 0 spiro atoms. The Morgan fingerprint density at radius 2 is 2.20 bits per heavy atom. The summed E-state index contributed by atoms with van der Waals surface area (Å²) in [4.78, 5) is 0. The van der Waals surface area contributed by atoms with Gasteiger partial charge >= 0.3 is 0 Å². The second-order valence-electron chi connectivity index (χ2n) is 3.71. The van der Waals surface area contributed by atoms with Crippen LogP contribution >= 0.6 is 0 Å². The van der Waals surface area contributed by atoms with Crippen molar-refractivity contribution in [3.05, 3.63) is 0 Å². The maximum atomic E-state index is 3.40. The molecule has 1 fully saturated rings. The van der Waals surface area contributed by atoms with Crippen molar-refractivity contribution >= 4 is 0 Å². The van der Waals surface area contributed by atoms with E-state index in [-0.39, 0.29) is 0 Å². The Hall–Kier alpha value is -0.0400. The van der Waals surface area contributed by atoms with Gasteiger partial charge in [-0.3, -0.25) is 0 Å². The molecule has 0 aromatic carbocycles. The summed E-state index contributed by atoms with van der Waals surface area (Å²) in [6.07, 6.45) is 1.46. The first kappa shape index (κ1) is 8.06. The van der Waals surface area contributed by atoms with Crippen molar-refractivity contribution in [1.29, 1.82) is 0 Å². The van der Waals surface area contributed by atoms with Crippen LogP contribution in [0.15, 0.2) is 0 Å². The molecule has 1 aliphatic rings. The molecule has 1 N–H and O–H groups in total. The number of nitrogens with one attached hydrogen (secondary N) is 1. The minimum atomic E-state index is 0.906. The zero-order valence-electron chi connectivity index (χ0n) is 7.35. The zero-order chi connectivity index (χ0) is 7.56. The topological polar surface area (TPSA) is 12.0 Å². The summed E-state index contributed by atoms with van der Waals surface area (Å²) in [5.74, 6) is 2.93. The second kappa shape index (κ2) is 3.38. The van der Waals surface area contributed by atoms with Gasteiger partial charge in [0, 0.05) is 0 Å². The maximum Gasteiger partial charge on any atom is -0.00178 e. The lowest BCUT2D eigenvalue weighted by atomic mass is 10.1. The zero-order valence-corrected chi connectivity index (χ0v) is 7.35. The van der Waals surface area contributed by atoms with Crippen LogP contribution < -0.4 is 5.32 Å². The Morgan fingerprint density at radius 3 is 2.60 bits per heavy atom. The molecule has 1 nitrogen and oxygen atoms in total. The molecule has 0 amide bonds. The average molecular weight is 141 g/mol. The van der Waals surface area contributed by atoms with Crippen LogP contribution in [0.4, 0.5) is 0 Å². The number of hydrogen-bond donors (Lipinski definition) is 1. The van der Waals surface area contributed by atoms with Gasteiger partial charge in [-0.2, -0.15) is 0 Å². The third kappa shape index (κ3) is 1.98. The molecule has 0 aromatic heterocycles. The van der Waals surface area contributed by atoms with E-state index in [1.165, 1.54) is 13.0 Å². The normalized spacial score (nSPS) is 31.2. The molecule has 1 heteroatoms. The second-order valence-corrected chi connectivity index (χ2v) is 3.71. The number of hydrogen-bond acceptors (Lipinski definition) is 1. The Labute approximate surface area is 64.2 Å². The fourth-order valence-corrected chi connectivity index (χ4v) is 1.65. The average Bonchev–Trinajstić information content (AvgIpc) is 2.62. The van der Waals surface area contributed by atoms with Crippen LogP contribution in [0.5, 0.6) is 0 Å². The van der Waals surface area contributed by atoms with Crippen molar-refractivity contribution in [2.24, 2.45) is 17.8 Å². The molecule has 0 bridgehead atoms. The maximum absolute atomic E-state index is 3.40. The van der Waals surface area contributed by atoms with Crippen LogP contribution in [-0.2, 0) is 0 Å². The van der Waals surface area contributed by atoms with Crippen LogP contribution in [0.3, 0.4) is 0 Å². The highest BCUT2D eigenvalue weighted by atomic mass is 14.9. The molecular weight excluding hydrogens is 122 g/mol. The van der Waals surface area contributed by atoms with Crippen molar-refractivity contribution in [2.75, 3.05) is 13.1 Å². The molecule has 1 saturated carbocycles. The first-order valence-corrected chi connectivity index (χ1v) is 4.46. The molecule has 0 saturated heterocycles. The van der Waals surface area contributed by atoms with Crippen molar-refractivity contribution in [3.8, 4) is 0 Å².